The van der Waals surface area contributed by atoms with E-state index in [9.17, 15) is 4.79 Å². The first-order chi connectivity index (χ1) is 14.6. The first-order valence-electron chi connectivity index (χ1n) is 9.79. The van der Waals surface area contributed by atoms with Crippen molar-refractivity contribution in [3.63, 3.8) is 0 Å². The van der Waals surface area contributed by atoms with Crippen LogP contribution in [0.4, 0.5) is 0 Å². The fourth-order valence-electron chi connectivity index (χ4n) is 4.56. The molecule has 1 heterocycles. The Hall–Kier alpha value is -3.09. The fourth-order valence-corrected chi connectivity index (χ4v) is 4.56. The maximum atomic E-state index is 12.5. The Kier molecular flexibility index (Phi) is 5.37. The molecule has 0 radical (unpaired) electrons. The molecular weight excluding hydrogens is 388 g/mol. The average Bonchev–Trinajstić information content (AvgIpc) is 3.09. The molecule has 30 heavy (non-hydrogen) atoms. The second-order valence-corrected chi connectivity index (χ2v) is 7.45. The molecule has 0 spiro atoms. The zero-order valence-corrected chi connectivity index (χ0v) is 17.9. The molecule has 0 bridgehead atoms. The second kappa shape index (κ2) is 7.97. The molecule has 0 N–H and O–H groups in total. The Balaban J connectivity index is 2.06. The van der Waals surface area contributed by atoms with Gasteiger partial charge in [0.2, 0.25) is 5.75 Å². The predicted molar refractivity (Wildman–Crippen MR) is 110 cm³/mol. The highest BCUT2D eigenvalue weighted by atomic mass is 16.5. The van der Waals surface area contributed by atoms with Crippen LogP contribution < -0.4 is 23.7 Å². The summed E-state index contributed by atoms with van der Waals surface area (Å²) in [6.07, 6.45) is 1.21. The zero-order chi connectivity index (χ0) is 21.4. The number of carbonyl (C=O) groups excluding carboxylic acids is 1. The quantitative estimate of drug-likeness (QED) is 0.695. The summed E-state index contributed by atoms with van der Waals surface area (Å²) in [4.78, 5) is 12.5. The summed E-state index contributed by atoms with van der Waals surface area (Å²) in [5.74, 6) is 2.57. The van der Waals surface area contributed by atoms with Crippen LogP contribution in [0.3, 0.4) is 0 Å². The second-order valence-electron chi connectivity index (χ2n) is 7.45. The van der Waals surface area contributed by atoms with E-state index in [-0.39, 0.29) is 17.8 Å². The summed E-state index contributed by atoms with van der Waals surface area (Å²) in [6, 6.07) is 5.85. The molecule has 0 amide bonds. The first kappa shape index (κ1) is 20.2. The molecule has 160 valence electrons. The third-order valence-corrected chi connectivity index (χ3v) is 6.02. The number of rotatable bonds is 5. The first-order valence-corrected chi connectivity index (χ1v) is 9.79. The molecular formula is C23H26O7. The van der Waals surface area contributed by atoms with Crippen LogP contribution in [0.15, 0.2) is 18.2 Å². The van der Waals surface area contributed by atoms with Gasteiger partial charge in [0, 0.05) is 11.5 Å². The van der Waals surface area contributed by atoms with Gasteiger partial charge < -0.3 is 28.4 Å². The summed E-state index contributed by atoms with van der Waals surface area (Å²) >= 11 is 0. The molecule has 1 aliphatic heterocycles. The topological polar surface area (TPSA) is 72.5 Å². The van der Waals surface area contributed by atoms with Crippen LogP contribution in [-0.2, 0) is 22.4 Å². The van der Waals surface area contributed by atoms with E-state index in [2.05, 4.69) is 0 Å². The van der Waals surface area contributed by atoms with Crippen molar-refractivity contribution in [2.45, 2.75) is 12.8 Å². The van der Waals surface area contributed by atoms with E-state index in [1.165, 1.54) is 0 Å². The molecule has 1 aliphatic carbocycles. The Bertz CT molecular complexity index is 982. The molecule has 0 saturated carbocycles. The minimum atomic E-state index is -0.229. The van der Waals surface area contributed by atoms with Crippen molar-refractivity contribution in [2.75, 3.05) is 42.2 Å². The molecule has 2 aromatic rings. The maximum Gasteiger partial charge on any atom is 0.309 e. The summed E-state index contributed by atoms with van der Waals surface area (Å²) in [7, 11) is 7.99. The molecule has 2 aromatic carbocycles. The molecule has 7 nitrogen and oxygen atoms in total. The van der Waals surface area contributed by atoms with Gasteiger partial charge >= 0.3 is 5.97 Å². The summed E-state index contributed by atoms with van der Waals surface area (Å²) in [6.45, 7) is 0.414. The van der Waals surface area contributed by atoms with Gasteiger partial charge in [-0.15, -0.1) is 0 Å². The molecule has 4 rings (SSSR count). The molecule has 7 heteroatoms. The maximum absolute atomic E-state index is 12.5. The normalized spacial score (nSPS) is 19.4. The lowest BCUT2D eigenvalue weighted by atomic mass is 9.77. The molecule has 2 atom stereocenters. The number of benzene rings is 2. The van der Waals surface area contributed by atoms with Crippen molar-refractivity contribution in [3.05, 3.63) is 29.3 Å². The smallest absolute Gasteiger partial charge is 0.309 e. The van der Waals surface area contributed by atoms with Crippen LogP contribution in [0.2, 0.25) is 0 Å². The van der Waals surface area contributed by atoms with Gasteiger partial charge in [0.1, 0.15) is 0 Å². The number of fused-ring (bicyclic) bond motifs is 4. The van der Waals surface area contributed by atoms with Crippen LogP contribution in [0.25, 0.3) is 11.1 Å². The third kappa shape index (κ3) is 3.09. The highest BCUT2D eigenvalue weighted by Gasteiger charge is 2.40. The minimum Gasteiger partial charge on any atom is -0.493 e. The Morgan fingerprint density at radius 1 is 0.767 bits per heavy atom. The summed E-state index contributed by atoms with van der Waals surface area (Å²) in [5, 5.41) is 0. The van der Waals surface area contributed by atoms with Crippen molar-refractivity contribution >= 4 is 5.97 Å². The van der Waals surface area contributed by atoms with Gasteiger partial charge in [-0.1, -0.05) is 0 Å². The van der Waals surface area contributed by atoms with Crippen LogP contribution in [0, 0.1) is 11.8 Å². The van der Waals surface area contributed by atoms with E-state index in [1.807, 2.05) is 18.2 Å². The van der Waals surface area contributed by atoms with Gasteiger partial charge in [0.05, 0.1) is 48.1 Å². The lowest BCUT2D eigenvalue weighted by Gasteiger charge is -2.27. The Morgan fingerprint density at radius 3 is 2.03 bits per heavy atom. The zero-order valence-electron chi connectivity index (χ0n) is 17.9. The van der Waals surface area contributed by atoms with E-state index in [0.717, 1.165) is 22.3 Å². The monoisotopic (exact) mass is 414 g/mol. The van der Waals surface area contributed by atoms with Crippen molar-refractivity contribution in [2.24, 2.45) is 11.8 Å². The van der Waals surface area contributed by atoms with E-state index < -0.39 is 0 Å². The van der Waals surface area contributed by atoms with Gasteiger partial charge in [-0.2, -0.15) is 0 Å². The number of hydrogen-bond acceptors (Lipinski definition) is 7. The lowest BCUT2D eigenvalue weighted by molar-refractivity contribution is -0.141. The molecule has 0 aromatic heterocycles. The van der Waals surface area contributed by atoms with E-state index in [1.54, 1.807) is 35.5 Å². The molecule has 1 saturated heterocycles. The fraction of sp³-hybridized carbons (Fsp3) is 0.435. The molecule has 2 aliphatic rings. The summed E-state index contributed by atoms with van der Waals surface area (Å²) in [5.41, 5.74) is 3.79. The van der Waals surface area contributed by atoms with Crippen LogP contribution in [0.1, 0.15) is 11.1 Å². The summed E-state index contributed by atoms with van der Waals surface area (Å²) < 4.78 is 33.5. The van der Waals surface area contributed by atoms with Gasteiger partial charge in [-0.05, 0) is 47.7 Å². The number of esters is 1. The number of ether oxygens (including phenoxy) is 6. The number of cyclic esters (lactones) is 1. The Morgan fingerprint density at radius 2 is 1.40 bits per heavy atom. The number of carbonyl (C=O) groups is 1. The van der Waals surface area contributed by atoms with E-state index >= 15 is 0 Å². The van der Waals surface area contributed by atoms with Gasteiger partial charge in [-0.3, -0.25) is 4.79 Å². The van der Waals surface area contributed by atoms with Crippen molar-refractivity contribution in [3.8, 4) is 39.9 Å². The standard InChI is InChI=1S/C23H26O7/c1-25-17-8-12-6-14-11-30-23(24)16(14)7-13-9-19(27-3)21(28-4)22(29-5)20(13)15(12)10-18(17)26-2/h8-10,14,16H,6-7,11H2,1-5H3. The van der Waals surface area contributed by atoms with Crippen molar-refractivity contribution in [1.82, 2.24) is 0 Å². The lowest BCUT2D eigenvalue weighted by Crippen LogP contribution is -2.23. The van der Waals surface area contributed by atoms with Gasteiger partial charge in [0.25, 0.3) is 0 Å². The Labute approximate surface area is 175 Å². The largest absolute Gasteiger partial charge is 0.493 e. The highest BCUT2D eigenvalue weighted by Crippen LogP contribution is 2.51. The molecule has 2 unspecified atom stereocenters. The average molecular weight is 414 g/mol. The SMILES string of the molecule is COc1cc2c(cc1OC)-c1c(cc(OC)c(OC)c1OC)CC1C(=O)OCC1C2. The van der Waals surface area contributed by atoms with Crippen LogP contribution in [0.5, 0.6) is 28.7 Å². The van der Waals surface area contributed by atoms with Crippen LogP contribution in [-0.4, -0.2) is 48.1 Å². The number of hydrogen-bond donors (Lipinski definition) is 0. The van der Waals surface area contributed by atoms with E-state index in [0.29, 0.717) is 48.2 Å². The highest BCUT2D eigenvalue weighted by molar-refractivity contribution is 5.85. The van der Waals surface area contributed by atoms with E-state index in [4.69, 9.17) is 28.4 Å². The molecule has 1 fully saturated rings. The van der Waals surface area contributed by atoms with Crippen molar-refractivity contribution < 1.29 is 33.2 Å². The van der Waals surface area contributed by atoms with Crippen molar-refractivity contribution in [1.29, 1.82) is 0 Å². The minimum absolute atomic E-state index is 0.0848. The predicted octanol–water partition coefficient (Wildman–Crippen LogP) is 3.28. The van der Waals surface area contributed by atoms with Gasteiger partial charge in [0.15, 0.2) is 23.0 Å². The van der Waals surface area contributed by atoms with Gasteiger partial charge in [-0.25, -0.2) is 0 Å². The number of methoxy groups -OCH3 is 5. The van der Waals surface area contributed by atoms with Crippen LogP contribution >= 0.6 is 0 Å². The third-order valence-electron chi connectivity index (χ3n) is 6.02.